The second kappa shape index (κ2) is 18.3. The van der Waals surface area contributed by atoms with E-state index >= 15 is 0 Å². The van der Waals surface area contributed by atoms with Crippen LogP contribution >= 0.6 is 0 Å². The summed E-state index contributed by atoms with van der Waals surface area (Å²) in [6.45, 7) is 44.3. The Balaban J connectivity index is 1.25. The average molecular weight is 1070 g/mol. The lowest BCUT2D eigenvalue weighted by Gasteiger charge is -2.47. The lowest BCUT2D eigenvalue weighted by atomic mass is 9.43. The molecule has 0 spiro atoms. The maximum absolute atomic E-state index is 7.25. The Bertz CT molecular complexity index is 3870. The van der Waals surface area contributed by atoms with Gasteiger partial charge in [0.1, 0.15) is 11.2 Å². The number of fused-ring (bicyclic) bond motifs is 9. The van der Waals surface area contributed by atoms with Crippen LogP contribution in [-0.2, 0) is 37.9 Å². The third-order valence-electron chi connectivity index (χ3n) is 18.7. The Morgan fingerprint density at radius 3 is 1.36 bits per heavy atom. The first-order valence-electron chi connectivity index (χ1n) is 30.0. The summed E-state index contributed by atoms with van der Waals surface area (Å²) in [5.41, 5.74) is 25.3. The van der Waals surface area contributed by atoms with Gasteiger partial charge in [-0.2, -0.15) is 0 Å². The molecule has 2 aliphatic heterocycles. The SMILES string of the molecule is CC(C)(C)c1ccc(N2B3c4cc(C(C)(C)C)ccc4N(c4ccc(C(C)(C)C)cc4)c4cc(N(c5ccc(C(C)(C)C)cc5)c5ccc(C(C)(C)C)cc5)cc(c43)-c3c2ccc2oc4cc5c(cc4c32)C(C)(C)CCC5(C)C)cc1. The summed E-state index contributed by atoms with van der Waals surface area (Å²) in [5, 5.41) is 2.35. The van der Waals surface area contributed by atoms with Crippen LogP contribution in [0.5, 0.6) is 0 Å². The van der Waals surface area contributed by atoms with Gasteiger partial charge in [-0.05, 0) is 197 Å². The summed E-state index contributed by atoms with van der Waals surface area (Å²) in [4.78, 5) is 7.79. The number of rotatable bonds is 5. The van der Waals surface area contributed by atoms with Crippen LogP contribution < -0.4 is 25.5 Å². The van der Waals surface area contributed by atoms with E-state index < -0.39 is 0 Å². The van der Waals surface area contributed by atoms with Crippen LogP contribution in [0.4, 0.5) is 45.5 Å². The molecule has 4 nitrogen and oxygen atoms in total. The van der Waals surface area contributed by atoms with Crippen molar-refractivity contribution in [2.45, 2.75) is 182 Å². The van der Waals surface area contributed by atoms with E-state index in [1.165, 1.54) is 88.8 Å². The van der Waals surface area contributed by atoms with Crippen molar-refractivity contribution in [3.05, 3.63) is 191 Å². The summed E-state index contributed by atoms with van der Waals surface area (Å²) in [6.07, 6.45) is 2.27. The zero-order valence-corrected chi connectivity index (χ0v) is 52.2. The molecule has 0 bridgehead atoms. The van der Waals surface area contributed by atoms with E-state index in [0.29, 0.717) is 0 Å². The predicted molar refractivity (Wildman–Crippen MR) is 351 cm³/mol. The molecule has 9 aromatic rings. The molecule has 0 atom stereocenters. The summed E-state index contributed by atoms with van der Waals surface area (Å²) < 4.78 is 7.25. The van der Waals surface area contributed by atoms with Gasteiger partial charge in [0.15, 0.2) is 0 Å². The molecule has 0 saturated heterocycles. The maximum Gasteiger partial charge on any atom is 0.333 e. The monoisotopic (exact) mass is 1070 g/mol. The molecule has 3 heterocycles. The van der Waals surface area contributed by atoms with Crippen molar-refractivity contribution in [3.8, 4) is 11.1 Å². The predicted octanol–water partition coefficient (Wildman–Crippen LogP) is 20.6. The zero-order valence-electron chi connectivity index (χ0n) is 52.2. The molecule has 1 aliphatic carbocycles. The molecule has 0 N–H and O–H groups in total. The quantitative estimate of drug-likeness (QED) is 0.160. The van der Waals surface area contributed by atoms with Crippen molar-refractivity contribution in [2.24, 2.45) is 0 Å². The number of hydrogen-bond acceptors (Lipinski definition) is 4. The minimum absolute atomic E-state index is 0.00237. The lowest BCUT2D eigenvalue weighted by molar-refractivity contribution is 0.332. The van der Waals surface area contributed by atoms with E-state index in [1.807, 2.05) is 0 Å². The first-order valence-corrected chi connectivity index (χ1v) is 30.0. The van der Waals surface area contributed by atoms with Crippen molar-refractivity contribution in [2.75, 3.05) is 14.6 Å². The standard InChI is InChI=1S/C76H86BN3O/c1-70(2,3)47-20-29-52(30-21-47)78(53-31-22-48(23-32-53)71(4,5)6)56-43-58-67-63(38-39-65-68(67)57-45-59-60(46-66(57)81-65)76(18,19)41-40-75(59,16)17)80(55-35-26-50(27-36-55)73(10,11)12)77-61-42-51(74(13,14)15)28-37-62(61)79(64(44-56)69(58)77)54-33-24-49(25-34-54)72(7,8)9/h20-39,42-46H,40-41H2,1-19H3. The highest BCUT2D eigenvalue weighted by molar-refractivity contribution is 6.93. The van der Waals surface area contributed by atoms with Crippen molar-refractivity contribution in [1.82, 2.24) is 0 Å². The summed E-state index contributed by atoms with van der Waals surface area (Å²) in [6, 6.07) is 59.6. The number of anilines is 8. The van der Waals surface area contributed by atoms with Crippen LogP contribution in [0, 0.1) is 0 Å². The summed E-state index contributed by atoms with van der Waals surface area (Å²) >= 11 is 0. The molecule has 81 heavy (non-hydrogen) atoms. The number of furan rings is 1. The fraction of sp³-hybridized carbons (Fsp3) is 0.368. The average Bonchev–Trinajstić information content (AvgIpc) is 3.39. The fourth-order valence-electron chi connectivity index (χ4n) is 13.4. The van der Waals surface area contributed by atoms with Gasteiger partial charge in [0.2, 0.25) is 0 Å². The highest BCUT2D eigenvalue weighted by Gasteiger charge is 2.47. The molecule has 8 aromatic carbocycles. The molecule has 0 unspecified atom stereocenters. The molecule has 5 heteroatoms. The van der Waals surface area contributed by atoms with E-state index in [1.54, 1.807) is 0 Å². The van der Waals surface area contributed by atoms with Gasteiger partial charge in [0, 0.05) is 61.8 Å². The molecule has 0 saturated carbocycles. The van der Waals surface area contributed by atoms with Crippen LogP contribution in [0.25, 0.3) is 33.1 Å². The van der Waals surface area contributed by atoms with Gasteiger partial charge in [-0.3, -0.25) is 0 Å². The first kappa shape index (κ1) is 54.6. The van der Waals surface area contributed by atoms with Gasteiger partial charge < -0.3 is 19.0 Å². The highest BCUT2D eigenvalue weighted by atomic mass is 16.3. The van der Waals surface area contributed by atoms with E-state index in [0.717, 1.165) is 52.4 Å². The minimum Gasteiger partial charge on any atom is -0.456 e. The largest absolute Gasteiger partial charge is 0.456 e. The van der Waals surface area contributed by atoms with E-state index in [-0.39, 0.29) is 44.8 Å². The lowest BCUT2D eigenvalue weighted by Crippen LogP contribution is -2.61. The van der Waals surface area contributed by atoms with Crippen molar-refractivity contribution in [1.29, 1.82) is 0 Å². The normalized spacial score (nSPS) is 15.9. The first-order chi connectivity index (χ1) is 37.8. The second-order valence-corrected chi connectivity index (χ2v) is 30.7. The Kier molecular flexibility index (Phi) is 12.3. The van der Waals surface area contributed by atoms with Gasteiger partial charge >= 0.3 is 6.85 Å². The van der Waals surface area contributed by atoms with Crippen molar-refractivity contribution < 1.29 is 4.42 Å². The van der Waals surface area contributed by atoms with Crippen LogP contribution in [0.2, 0.25) is 0 Å². The van der Waals surface area contributed by atoms with Gasteiger partial charge in [-0.1, -0.05) is 192 Å². The van der Waals surface area contributed by atoms with E-state index in [4.69, 9.17) is 4.42 Å². The topological polar surface area (TPSA) is 22.9 Å². The third-order valence-corrected chi connectivity index (χ3v) is 18.7. The van der Waals surface area contributed by atoms with Crippen LogP contribution in [0.1, 0.15) is 183 Å². The van der Waals surface area contributed by atoms with Crippen LogP contribution in [0.3, 0.4) is 0 Å². The maximum atomic E-state index is 7.25. The van der Waals surface area contributed by atoms with Gasteiger partial charge in [0.25, 0.3) is 0 Å². The Morgan fingerprint density at radius 2 is 0.864 bits per heavy atom. The Morgan fingerprint density at radius 1 is 0.420 bits per heavy atom. The number of nitrogens with zero attached hydrogens (tertiary/aromatic N) is 3. The smallest absolute Gasteiger partial charge is 0.333 e. The Labute approximate surface area is 485 Å². The molecule has 414 valence electrons. The molecule has 1 aromatic heterocycles. The minimum atomic E-state index is -0.187. The second-order valence-electron chi connectivity index (χ2n) is 30.7. The molecule has 12 rings (SSSR count). The summed E-state index contributed by atoms with van der Waals surface area (Å²) in [7, 11) is 0. The molecule has 0 fully saturated rings. The van der Waals surface area contributed by atoms with Crippen molar-refractivity contribution in [3.63, 3.8) is 0 Å². The van der Waals surface area contributed by atoms with Crippen LogP contribution in [-0.4, -0.2) is 6.85 Å². The summed E-state index contributed by atoms with van der Waals surface area (Å²) in [5.74, 6) is 0. The van der Waals surface area contributed by atoms with E-state index in [2.05, 4.69) is 298 Å². The Hall–Kier alpha value is -6.98. The molecule has 3 aliphatic rings. The number of hydrogen-bond donors (Lipinski definition) is 0. The highest BCUT2D eigenvalue weighted by Crippen LogP contribution is 2.55. The van der Waals surface area contributed by atoms with Gasteiger partial charge in [0.05, 0.1) is 0 Å². The van der Waals surface area contributed by atoms with E-state index in [9.17, 15) is 0 Å². The van der Waals surface area contributed by atoms with Gasteiger partial charge in [-0.15, -0.1) is 0 Å². The molecule has 0 radical (unpaired) electrons. The zero-order chi connectivity index (χ0) is 57.9. The van der Waals surface area contributed by atoms with Crippen molar-refractivity contribution >= 4 is 85.2 Å². The van der Waals surface area contributed by atoms with Gasteiger partial charge in [-0.25, -0.2) is 0 Å². The number of benzene rings is 8. The molecular formula is C76H86BN3O. The van der Waals surface area contributed by atoms with Crippen LogP contribution in [0.15, 0.2) is 156 Å². The molecular weight excluding hydrogens is 982 g/mol. The third kappa shape index (κ3) is 9.21. The molecule has 0 amide bonds. The fourth-order valence-corrected chi connectivity index (χ4v) is 13.4.